The van der Waals surface area contributed by atoms with E-state index >= 15 is 0 Å². The molecular formula is C24H22N4O2. The second kappa shape index (κ2) is 7.37. The Balaban J connectivity index is 1.51. The molecule has 30 heavy (non-hydrogen) atoms. The van der Waals surface area contributed by atoms with Crippen LogP contribution in [-0.4, -0.2) is 33.2 Å². The van der Waals surface area contributed by atoms with E-state index in [2.05, 4.69) is 15.3 Å². The van der Waals surface area contributed by atoms with Gasteiger partial charge in [-0.05, 0) is 48.2 Å². The van der Waals surface area contributed by atoms with Gasteiger partial charge >= 0.3 is 0 Å². The summed E-state index contributed by atoms with van der Waals surface area (Å²) in [7, 11) is 0. The van der Waals surface area contributed by atoms with Crippen molar-refractivity contribution >= 4 is 17.5 Å². The van der Waals surface area contributed by atoms with Crippen LogP contribution >= 0.6 is 0 Å². The molecule has 6 nitrogen and oxygen atoms in total. The van der Waals surface area contributed by atoms with Gasteiger partial charge < -0.3 is 10.2 Å². The van der Waals surface area contributed by atoms with E-state index in [9.17, 15) is 9.59 Å². The third kappa shape index (κ3) is 2.87. The summed E-state index contributed by atoms with van der Waals surface area (Å²) >= 11 is 0. The summed E-state index contributed by atoms with van der Waals surface area (Å²) in [4.78, 5) is 37.1. The number of nitrogens with zero attached hydrogens (tertiary/aromatic N) is 3. The molecule has 5 rings (SSSR count). The summed E-state index contributed by atoms with van der Waals surface area (Å²) in [5.41, 5.74) is 2.78. The van der Waals surface area contributed by atoms with Crippen molar-refractivity contribution in [3.05, 3.63) is 90.0 Å². The number of nitrogens with one attached hydrogen (secondary N) is 1. The number of carbonyl (C=O) groups is 2. The van der Waals surface area contributed by atoms with Crippen LogP contribution in [-0.2, 0) is 21.4 Å². The summed E-state index contributed by atoms with van der Waals surface area (Å²) < 4.78 is 0. The monoisotopic (exact) mass is 398 g/mol. The minimum absolute atomic E-state index is 0.0311. The highest BCUT2D eigenvalue weighted by atomic mass is 16.2. The first kappa shape index (κ1) is 18.5. The van der Waals surface area contributed by atoms with Crippen molar-refractivity contribution in [2.75, 3.05) is 11.9 Å². The van der Waals surface area contributed by atoms with Gasteiger partial charge in [0.1, 0.15) is 5.41 Å². The number of likely N-dealkylation sites (tertiary alicyclic amines) is 1. The Labute approximate surface area is 175 Å². The van der Waals surface area contributed by atoms with Crippen LogP contribution in [0, 0.1) is 0 Å². The molecule has 150 valence electrons. The second-order valence-corrected chi connectivity index (χ2v) is 7.82. The molecule has 6 heteroatoms. The summed E-state index contributed by atoms with van der Waals surface area (Å²) in [5.74, 6) is -0.0128. The van der Waals surface area contributed by atoms with Crippen LogP contribution in [0.3, 0.4) is 0 Å². The maximum absolute atomic E-state index is 13.3. The van der Waals surface area contributed by atoms with E-state index in [4.69, 9.17) is 0 Å². The second-order valence-electron chi connectivity index (χ2n) is 7.82. The van der Waals surface area contributed by atoms with Crippen LogP contribution in [0.4, 0.5) is 5.69 Å². The van der Waals surface area contributed by atoms with Crippen molar-refractivity contribution < 1.29 is 9.59 Å². The molecule has 2 unspecified atom stereocenters. The summed E-state index contributed by atoms with van der Waals surface area (Å²) in [6.07, 6.45) is 6.73. The van der Waals surface area contributed by atoms with Gasteiger partial charge in [-0.15, -0.1) is 0 Å². The molecule has 1 N–H and O–H groups in total. The Kier molecular flexibility index (Phi) is 4.54. The van der Waals surface area contributed by atoms with Gasteiger partial charge in [-0.1, -0.05) is 30.3 Å². The predicted octanol–water partition coefficient (Wildman–Crippen LogP) is 3.27. The fraction of sp³-hybridized carbons (Fsp3) is 0.250. The smallest absolute Gasteiger partial charge is 0.237 e. The summed E-state index contributed by atoms with van der Waals surface area (Å²) in [6.45, 7) is 0.530. The quantitative estimate of drug-likeness (QED) is 0.732. The van der Waals surface area contributed by atoms with Crippen LogP contribution < -0.4 is 5.32 Å². The zero-order valence-corrected chi connectivity index (χ0v) is 16.5. The van der Waals surface area contributed by atoms with Crippen molar-refractivity contribution in [1.82, 2.24) is 14.9 Å². The van der Waals surface area contributed by atoms with Crippen LogP contribution in [0.2, 0.25) is 0 Å². The average Bonchev–Trinajstić information content (AvgIpc) is 3.33. The highest BCUT2D eigenvalue weighted by molar-refractivity contribution is 6.07. The fourth-order valence-electron chi connectivity index (χ4n) is 4.88. The van der Waals surface area contributed by atoms with E-state index in [0.717, 1.165) is 22.5 Å². The highest BCUT2D eigenvalue weighted by Crippen LogP contribution is 2.54. The number of aromatic nitrogens is 2. The summed E-state index contributed by atoms with van der Waals surface area (Å²) in [6, 6.07) is 16.9. The van der Waals surface area contributed by atoms with E-state index < -0.39 is 5.41 Å². The van der Waals surface area contributed by atoms with E-state index in [0.29, 0.717) is 25.8 Å². The number of pyridine rings is 2. The van der Waals surface area contributed by atoms with Gasteiger partial charge in [-0.3, -0.25) is 19.6 Å². The molecule has 1 saturated heterocycles. The Morgan fingerprint density at radius 3 is 2.77 bits per heavy atom. The van der Waals surface area contributed by atoms with Gasteiger partial charge in [0.05, 0.1) is 6.04 Å². The van der Waals surface area contributed by atoms with Gasteiger partial charge in [0.2, 0.25) is 11.8 Å². The fourth-order valence-corrected chi connectivity index (χ4v) is 4.88. The number of hydrogen-bond acceptors (Lipinski definition) is 4. The maximum atomic E-state index is 13.3. The van der Waals surface area contributed by atoms with Crippen molar-refractivity contribution in [2.45, 2.75) is 30.7 Å². The molecule has 0 bridgehead atoms. The molecule has 1 spiro atoms. The molecule has 0 saturated carbocycles. The van der Waals surface area contributed by atoms with E-state index in [1.165, 1.54) is 0 Å². The molecule has 1 fully saturated rings. The normalized spacial score (nSPS) is 22.2. The first-order chi connectivity index (χ1) is 14.7. The lowest BCUT2D eigenvalue weighted by atomic mass is 9.73. The minimum atomic E-state index is -0.791. The first-order valence-corrected chi connectivity index (χ1v) is 10.2. The van der Waals surface area contributed by atoms with Gasteiger partial charge in [0.25, 0.3) is 0 Å². The lowest BCUT2D eigenvalue weighted by molar-refractivity contribution is -0.133. The number of para-hydroxylation sites is 1. The number of amides is 2. The molecule has 2 aromatic heterocycles. The lowest BCUT2D eigenvalue weighted by Crippen LogP contribution is -2.42. The van der Waals surface area contributed by atoms with Crippen molar-refractivity contribution in [2.24, 2.45) is 0 Å². The van der Waals surface area contributed by atoms with Crippen LogP contribution in [0.15, 0.2) is 73.2 Å². The Bertz CT molecular complexity index is 1090. The summed E-state index contributed by atoms with van der Waals surface area (Å²) in [5, 5.41) is 3.04. The molecular weight excluding hydrogens is 376 g/mol. The molecule has 0 aliphatic carbocycles. The highest BCUT2D eigenvalue weighted by Gasteiger charge is 2.59. The van der Waals surface area contributed by atoms with Crippen molar-refractivity contribution in [3.63, 3.8) is 0 Å². The third-order valence-electron chi connectivity index (χ3n) is 6.23. The Hall–Kier alpha value is -3.54. The molecule has 2 aliphatic rings. The largest absolute Gasteiger partial charge is 0.334 e. The molecule has 2 amide bonds. The Morgan fingerprint density at radius 2 is 1.97 bits per heavy atom. The minimum Gasteiger partial charge on any atom is -0.334 e. The number of fused-ring (bicyclic) bond motifs is 2. The number of aryl methyl sites for hydroxylation is 1. The molecule has 3 aromatic rings. The lowest BCUT2D eigenvalue weighted by Gasteiger charge is -2.34. The Morgan fingerprint density at radius 1 is 1.10 bits per heavy atom. The van der Waals surface area contributed by atoms with Crippen molar-refractivity contribution in [1.29, 1.82) is 0 Å². The van der Waals surface area contributed by atoms with E-state index in [-0.39, 0.29) is 17.9 Å². The van der Waals surface area contributed by atoms with Gasteiger partial charge in [0.15, 0.2) is 0 Å². The van der Waals surface area contributed by atoms with E-state index in [1.54, 1.807) is 18.6 Å². The predicted molar refractivity (Wildman–Crippen MR) is 113 cm³/mol. The zero-order chi connectivity index (χ0) is 20.6. The molecule has 2 aliphatic heterocycles. The van der Waals surface area contributed by atoms with Crippen LogP contribution in [0.1, 0.15) is 35.7 Å². The number of rotatable bonds is 4. The topological polar surface area (TPSA) is 75.2 Å². The van der Waals surface area contributed by atoms with Crippen LogP contribution in [0.5, 0.6) is 0 Å². The van der Waals surface area contributed by atoms with Crippen molar-refractivity contribution in [3.8, 4) is 0 Å². The van der Waals surface area contributed by atoms with Crippen LogP contribution in [0.25, 0.3) is 0 Å². The number of carbonyl (C=O) groups excluding carboxylic acids is 2. The van der Waals surface area contributed by atoms with E-state index in [1.807, 2.05) is 59.5 Å². The number of benzene rings is 1. The molecule has 0 radical (unpaired) electrons. The molecule has 2 atom stereocenters. The zero-order valence-electron chi connectivity index (χ0n) is 16.5. The number of hydrogen-bond donors (Lipinski definition) is 1. The average molecular weight is 398 g/mol. The third-order valence-corrected chi connectivity index (χ3v) is 6.23. The number of anilines is 1. The SMILES string of the molecule is O=C(CCc1ccccn1)N1CCC2(C(=O)Nc3ccccc32)C1c1cccnc1. The maximum Gasteiger partial charge on any atom is 0.237 e. The van der Waals surface area contributed by atoms with Gasteiger partial charge in [-0.25, -0.2) is 0 Å². The van der Waals surface area contributed by atoms with Gasteiger partial charge in [-0.2, -0.15) is 0 Å². The molecule has 1 aromatic carbocycles. The first-order valence-electron chi connectivity index (χ1n) is 10.2. The van der Waals surface area contributed by atoms with Gasteiger partial charge in [0, 0.05) is 42.9 Å². The molecule has 4 heterocycles. The standard InChI is InChI=1S/C24H22N4O2/c29-21(11-10-18-7-3-4-14-26-18)28-15-12-24(22(28)17-6-5-13-25-16-17)19-8-1-2-9-20(19)27-23(24)30/h1-9,13-14,16,22H,10-12,15H2,(H,27,30).